The monoisotopic (exact) mass is 404 g/mol. The Labute approximate surface area is 173 Å². The van der Waals surface area contributed by atoms with Crippen LogP contribution in [0.3, 0.4) is 0 Å². The zero-order chi connectivity index (χ0) is 21.1. The van der Waals surface area contributed by atoms with E-state index in [1.807, 2.05) is 0 Å². The largest absolute Gasteiger partial charge is 0.481 e. The Morgan fingerprint density at radius 2 is 1.69 bits per heavy atom. The minimum Gasteiger partial charge on any atom is -0.481 e. The number of rotatable bonds is 4. The summed E-state index contributed by atoms with van der Waals surface area (Å²) < 4.78 is 0. The molecule has 162 valence electrons. The minimum absolute atomic E-state index is 0.0202. The number of aliphatic carboxylic acids is 1. The Morgan fingerprint density at radius 1 is 1.03 bits per heavy atom. The first-order chi connectivity index (χ1) is 13.6. The normalized spacial score (nSPS) is 47.9. The van der Waals surface area contributed by atoms with Crippen molar-refractivity contribution in [3.8, 4) is 0 Å². The number of hydrogen-bond donors (Lipinski definition) is 2. The third kappa shape index (κ3) is 3.10. The maximum atomic E-state index is 13.3. The average molecular weight is 405 g/mol. The van der Waals surface area contributed by atoms with E-state index in [1.54, 1.807) is 0 Å². The number of aliphatic hydroxyl groups excluding tert-OH is 1. The summed E-state index contributed by atoms with van der Waals surface area (Å²) in [5.41, 5.74) is -0.143. The maximum absolute atomic E-state index is 13.3. The first-order valence-corrected chi connectivity index (χ1v) is 11.6. The van der Waals surface area contributed by atoms with Crippen LogP contribution in [0.15, 0.2) is 0 Å². The van der Waals surface area contributed by atoms with Crippen molar-refractivity contribution in [3.63, 3.8) is 0 Å². The van der Waals surface area contributed by atoms with E-state index in [0.29, 0.717) is 24.7 Å². The van der Waals surface area contributed by atoms with Crippen LogP contribution < -0.4 is 0 Å². The van der Waals surface area contributed by atoms with Gasteiger partial charge in [-0.05, 0) is 85.9 Å². The van der Waals surface area contributed by atoms with Gasteiger partial charge in [-0.25, -0.2) is 0 Å². The van der Waals surface area contributed by atoms with Crippen LogP contribution in [0.2, 0.25) is 0 Å². The first-order valence-electron chi connectivity index (χ1n) is 11.6. The Balaban J connectivity index is 1.61. The number of fused-ring (bicyclic) bond motifs is 5. The molecule has 0 bridgehead atoms. The van der Waals surface area contributed by atoms with E-state index in [9.17, 15) is 19.5 Å². The lowest BCUT2D eigenvalue weighted by atomic mass is 9.43. The van der Waals surface area contributed by atoms with E-state index in [4.69, 9.17) is 5.11 Å². The lowest BCUT2D eigenvalue weighted by molar-refractivity contribution is -0.171. The smallest absolute Gasteiger partial charge is 0.303 e. The molecular weight excluding hydrogens is 368 g/mol. The van der Waals surface area contributed by atoms with Crippen molar-refractivity contribution in [1.82, 2.24) is 0 Å². The number of hydrogen-bond acceptors (Lipinski definition) is 4. The van der Waals surface area contributed by atoms with Crippen LogP contribution in [0.25, 0.3) is 0 Å². The zero-order valence-corrected chi connectivity index (χ0v) is 18.0. The molecule has 29 heavy (non-hydrogen) atoms. The number of Topliss-reactive ketones (excluding diaryl/α,β-unsaturated/α-hetero) is 2. The van der Waals surface area contributed by atoms with Gasteiger partial charge in [0.2, 0.25) is 11.6 Å². The molecule has 4 saturated carbocycles. The summed E-state index contributed by atoms with van der Waals surface area (Å²) in [4.78, 5) is 37.5. The second-order valence-corrected chi connectivity index (χ2v) is 11.1. The zero-order valence-electron chi connectivity index (χ0n) is 18.0. The molecule has 0 unspecified atom stereocenters. The van der Waals surface area contributed by atoms with Gasteiger partial charge in [0.05, 0.1) is 6.10 Å². The highest BCUT2D eigenvalue weighted by atomic mass is 16.4. The summed E-state index contributed by atoms with van der Waals surface area (Å²) in [5.74, 6) is -0.386. The quantitative estimate of drug-likeness (QED) is 0.694. The molecule has 0 amide bonds. The predicted molar refractivity (Wildman–Crippen MR) is 108 cm³/mol. The van der Waals surface area contributed by atoms with Gasteiger partial charge in [0.25, 0.3) is 0 Å². The summed E-state index contributed by atoms with van der Waals surface area (Å²) >= 11 is 0. The average Bonchev–Trinajstić information content (AvgIpc) is 3.02. The van der Waals surface area contributed by atoms with E-state index >= 15 is 0 Å². The van der Waals surface area contributed by atoms with Crippen LogP contribution in [0.5, 0.6) is 0 Å². The second-order valence-electron chi connectivity index (χ2n) is 11.1. The molecule has 0 aliphatic heterocycles. The van der Waals surface area contributed by atoms with Gasteiger partial charge < -0.3 is 10.2 Å². The van der Waals surface area contributed by atoms with Gasteiger partial charge in [-0.1, -0.05) is 20.8 Å². The number of carbonyl (C=O) groups excluding carboxylic acids is 2. The van der Waals surface area contributed by atoms with Crippen LogP contribution >= 0.6 is 0 Å². The van der Waals surface area contributed by atoms with Crippen LogP contribution in [0, 0.1) is 46.3 Å². The molecule has 4 aliphatic carbocycles. The molecule has 0 aromatic carbocycles. The summed E-state index contributed by atoms with van der Waals surface area (Å²) in [5, 5.41) is 19.2. The van der Waals surface area contributed by atoms with Gasteiger partial charge in [-0.2, -0.15) is 0 Å². The van der Waals surface area contributed by atoms with Gasteiger partial charge in [0.15, 0.2) is 0 Å². The van der Waals surface area contributed by atoms with Crippen LogP contribution in [0.4, 0.5) is 0 Å². The fourth-order valence-corrected chi connectivity index (χ4v) is 8.27. The maximum Gasteiger partial charge on any atom is 0.303 e. The molecule has 4 rings (SSSR count). The molecule has 0 spiro atoms. The van der Waals surface area contributed by atoms with Crippen LogP contribution in [0.1, 0.15) is 78.6 Å². The molecule has 4 aliphatic rings. The standard InChI is InChI=1S/C24H36O5/c1-13(4-7-19(26)27)15-5-6-16-20-17(9-11-23(15,16)2)24(3)10-8-14(25)12-18(24)21(28)22(20)29/h13-18,20,25H,4-12H2,1-3H3,(H,26,27)/t13-,14-,15-,16+,17+,18+,20+,23-,24-/m1/s1. The minimum atomic E-state index is -0.744. The molecule has 0 aromatic heterocycles. The lowest BCUT2D eigenvalue weighted by Crippen LogP contribution is -2.61. The summed E-state index contributed by atoms with van der Waals surface area (Å²) in [6.45, 7) is 6.68. The van der Waals surface area contributed by atoms with Gasteiger partial charge >= 0.3 is 5.97 Å². The fourth-order valence-electron chi connectivity index (χ4n) is 8.27. The Hall–Kier alpha value is -1.23. The number of ketones is 2. The van der Waals surface area contributed by atoms with E-state index in [-0.39, 0.29) is 52.5 Å². The molecule has 0 aromatic rings. The van der Waals surface area contributed by atoms with Crippen molar-refractivity contribution in [2.24, 2.45) is 46.3 Å². The van der Waals surface area contributed by atoms with Crippen molar-refractivity contribution in [1.29, 1.82) is 0 Å². The third-order valence-electron chi connectivity index (χ3n) is 9.87. The summed E-state index contributed by atoms with van der Waals surface area (Å²) in [7, 11) is 0. The molecule has 0 radical (unpaired) electrons. The number of carboxylic acid groups (broad SMARTS) is 1. The fraction of sp³-hybridized carbons (Fsp3) is 0.875. The Kier molecular flexibility index (Phi) is 5.20. The topological polar surface area (TPSA) is 91.7 Å². The Morgan fingerprint density at radius 3 is 2.38 bits per heavy atom. The number of carboxylic acids is 1. The lowest BCUT2D eigenvalue weighted by Gasteiger charge is -2.59. The third-order valence-corrected chi connectivity index (χ3v) is 9.87. The van der Waals surface area contributed by atoms with Gasteiger partial charge in [-0.15, -0.1) is 0 Å². The van der Waals surface area contributed by atoms with E-state index in [2.05, 4.69) is 20.8 Å². The summed E-state index contributed by atoms with van der Waals surface area (Å²) in [6.07, 6.45) is 6.48. The van der Waals surface area contributed by atoms with Crippen molar-refractivity contribution >= 4 is 17.5 Å². The van der Waals surface area contributed by atoms with E-state index in [0.717, 1.165) is 38.5 Å². The number of aliphatic hydroxyl groups is 1. The molecule has 5 nitrogen and oxygen atoms in total. The predicted octanol–water partition coefficient (Wildman–Crippen LogP) is 3.87. The SMILES string of the molecule is C[C@H](CCC(=O)O)[C@H]1CC[C@H]2[C@@H]3C(=O)C(=O)[C@@H]4C[C@H](O)CC[C@]4(C)[C@H]3CC[C@]12C. The summed E-state index contributed by atoms with van der Waals surface area (Å²) in [6, 6.07) is 0. The number of carbonyl (C=O) groups is 3. The highest BCUT2D eigenvalue weighted by Crippen LogP contribution is 2.67. The Bertz CT molecular complexity index is 716. The van der Waals surface area contributed by atoms with Crippen LogP contribution in [-0.4, -0.2) is 33.9 Å². The van der Waals surface area contributed by atoms with Gasteiger partial charge in [0.1, 0.15) is 0 Å². The second kappa shape index (κ2) is 7.18. The van der Waals surface area contributed by atoms with Crippen molar-refractivity contribution in [3.05, 3.63) is 0 Å². The molecule has 5 heteroatoms. The first kappa shape index (κ1) is 21.0. The highest BCUT2D eigenvalue weighted by Gasteiger charge is 2.65. The van der Waals surface area contributed by atoms with E-state index in [1.165, 1.54) is 0 Å². The molecule has 2 N–H and O–H groups in total. The van der Waals surface area contributed by atoms with E-state index < -0.39 is 12.1 Å². The molecule has 0 saturated heterocycles. The van der Waals surface area contributed by atoms with Crippen LogP contribution in [-0.2, 0) is 14.4 Å². The molecule has 4 fully saturated rings. The van der Waals surface area contributed by atoms with Gasteiger partial charge in [0, 0.05) is 18.3 Å². The highest BCUT2D eigenvalue weighted by molar-refractivity contribution is 6.39. The van der Waals surface area contributed by atoms with Crippen molar-refractivity contribution < 1.29 is 24.6 Å². The van der Waals surface area contributed by atoms with Gasteiger partial charge in [-0.3, -0.25) is 14.4 Å². The molecular formula is C24H36O5. The van der Waals surface area contributed by atoms with Crippen molar-refractivity contribution in [2.75, 3.05) is 0 Å². The molecule has 9 atom stereocenters. The molecule has 0 heterocycles. The van der Waals surface area contributed by atoms with Crippen molar-refractivity contribution in [2.45, 2.75) is 84.7 Å².